The molecule has 0 fully saturated rings. The maximum absolute atomic E-state index is 13.9. The van der Waals surface area contributed by atoms with Gasteiger partial charge in [0.15, 0.2) is 28.9 Å². The van der Waals surface area contributed by atoms with E-state index in [1.165, 1.54) is 0 Å². The van der Waals surface area contributed by atoms with E-state index in [0.717, 1.165) is 29.3 Å². The van der Waals surface area contributed by atoms with E-state index in [9.17, 15) is 13.9 Å². The van der Waals surface area contributed by atoms with E-state index < -0.39 is 22.8 Å². The summed E-state index contributed by atoms with van der Waals surface area (Å²) in [6.07, 6.45) is 2.63. The van der Waals surface area contributed by atoms with Crippen molar-refractivity contribution in [3.63, 3.8) is 0 Å². The number of hydrogen-bond acceptors (Lipinski definition) is 7. The van der Waals surface area contributed by atoms with E-state index in [0.29, 0.717) is 48.4 Å². The molecule has 1 aliphatic rings. The van der Waals surface area contributed by atoms with Crippen molar-refractivity contribution >= 4 is 0 Å². The first-order valence-electron chi connectivity index (χ1n) is 11.5. The summed E-state index contributed by atoms with van der Waals surface area (Å²) in [6.45, 7) is 5.51. The fourth-order valence-electron chi connectivity index (χ4n) is 4.73. The number of benzene rings is 2. The molecule has 8 nitrogen and oxygen atoms in total. The van der Waals surface area contributed by atoms with Crippen LogP contribution in [0.25, 0.3) is 22.7 Å². The maximum Gasteiger partial charge on any atom is 0.196 e. The second-order valence-electron chi connectivity index (χ2n) is 9.35. The van der Waals surface area contributed by atoms with Crippen molar-refractivity contribution in [3.05, 3.63) is 65.9 Å². The molecule has 5 rings (SSSR count). The van der Waals surface area contributed by atoms with Crippen LogP contribution < -0.4 is 9.47 Å². The summed E-state index contributed by atoms with van der Waals surface area (Å²) in [6, 6.07) is 8.49. The molecule has 1 atom stereocenters. The van der Waals surface area contributed by atoms with Crippen LogP contribution in [0.5, 0.6) is 11.5 Å². The van der Waals surface area contributed by atoms with Crippen molar-refractivity contribution < 1.29 is 27.8 Å². The van der Waals surface area contributed by atoms with Crippen LogP contribution in [0.15, 0.2) is 47.0 Å². The Balaban J connectivity index is 1.60. The molecule has 2 aromatic heterocycles. The summed E-state index contributed by atoms with van der Waals surface area (Å²) in [7, 11) is 1.57. The number of oxazole rings is 1. The van der Waals surface area contributed by atoms with Gasteiger partial charge in [0.2, 0.25) is 0 Å². The topological polar surface area (TPSA) is 95.4 Å². The molecule has 0 saturated heterocycles. The average Bonchev–Trinajstić information content (AvgIpc) is 3.44. The zero-order chi connectivity index (χ0) is 25.7. The third-order valence-electron chi connectivity index (χ3n) is 6.49. The van der Waals surface area contributed by atoms with Gasteiger partial charge in [-0.25, -0.2) is 13.8 Å². The van der Waals surface area contributed by atoms with Crippen LogP contribution in [-0.4, -0.2) is 37.6 Å². The molecule has 0 unspecified atom stereocenters. The molecule has 4 aromatic rings. The van der Waals surface area contributed by atoms with Gasteiger partial charge in [-0.3, -0.25) is 0 Å². The lowest BCUT2D eigenvalue weighted by Crippen LogP contribution is -2.55. The number of aliphatic hydroxyl groups is 1. The van der Waals surface area contributed by atoms with Crippen LogP contribution in [0.4, 0.5) is 8.78 Å². The Kier molecular flexibility index (Phi) is 5.78. The van der Waals surface area contributed by atoms with E-state index in [-0.39, 0.29) is 5.75 Å². The van der Waals surface area contributed by atoms with E-state index in [4.69, 9.17) is 13.9 Å². The van der Waals surface area contributed by atoms with Gasteiger partial charge in [0.1, 0.15) is 28.7 Å². The Morgan fingerprint density at radius 1 is 1.11 bits per heavy atom. The van der Waals surface area contributed by atoms with Gasteiger partial charge in [0.05, 0.1) is 18.9 Å². The Morgan fingerprint density at radius 3 is 2.50 bits per heavy atom. The van der Waals surface area contributed by atoms with Crippen molar-refractivity contribution in [3.8, 4) is 34.2 Å². The number of aromatic nitrogens is 4. The van der Waals surface area contributed by atoms with Gasteiger partial charge in [0, 0.05) is 37.2 Å². The highest BCUT2D eigenvalue weighted by Crippen LogP contribution is 2.45. The number of ether oxygens (including phenoxy) is 2. The molecule has 36 heavy (non-hydrogen) atoms. The Hall–Kier alpha value is -3.79. The highest BCUT2D eigenvalue weighted by molar-refractivity contribution is 5.71. The van der Waals surface area contributed by atoms with Gasteiger partial charge in [0.25, 0.3) is 0 Å². The predicted molar refractivity (Wildman–Crippen MR) is 126 cm³/mol. The monoisotopic (exact) mass is 496 g/mol. The van der Waals surface area contributed by atoms with Crippen LogP contribution in [0.3, 0.4) is 0 Å². The van der Waals surface area contributed by atoms with Crippen LogP contribution in [0.2, 0.25) is 0 Å². The molecule has 10 heteroatoms. The van der Waals surface area contributed by atoms with Gasteiger partial charge < -0.3 is 23.6 Å². The number of methoxy groups -OCH3 is 1. The van der Waals surface area contributed by atoms with E-state index >= 15 is 0 Å². The van der Waals surface area contributed by atoms with Gasteiger partial charge in [-0.15, -0.1) is 10.2 Å². The molecule has 0 bridgehead atoms. The van der Waals surface area contributed by atoms with Crippen LogP contribution >= 0.6 is 0 Å². The van der Waals surface area contributed by atoms with Crippen molar-refractivity contribution in [2.75, 3.05) is 7.11 Å². The summed E-state index contributed by atoms with van der Waals surface area (Å²) in [5.41, 5.74) is -1.38. The Labute approximate surface area is 206 Å². The third-order valence-corrected chi connectivity index (χ3v) is 6.49. The SMILES string of the molecule is COc1cc(-c2nnc3n2CCC[C@]3(Oc2cc(F)cc(F)c2)C(C)(C)O)ccc1-c1cnc(C)o1. The van der Waals surface area contributed by atoms with Crippen molar-refractivity contribution in [2.24, 2.45) is 0 Å². The average molecular weight is 497 g/mol. The van der Waals surface area contributed by atoms with Crippen LogP contribution in [-0.2, 0) is 12.1 Å². The highest BCUT2D eigenvalue weighted by atomic mass is 19.1. The fraction of sp³-hybridized carbons (Fsp3) is 0.346. The van der Waals surface area contributed by atoms with Gasteiger partial charge in [-0.1, -0.05) is 6.07 Å². The second-order valence-corrected chi connectivity index (χ2v) is 9.35. The summed E-state index contributed by atoms with van der Waals surface area (Å²) in [4.78, 5) is 4.15. The smallest absolute Gasteiger partial charge is 0.196 e. The number of nitrogens with zero attached hydrogens (tertiary/aromatic N) is 4. The number of rotatable bonds is 6. The molecule has 0 amide bonds. The van der Waals surface area contributed by atoms with Crippen molar-refractivity contribution in [2.45, 2.75) is 51.4 Å². The van der Waals surface area contributed by atoms with E-state index in [1.807, 2.05) is 22.8 Å². The standard InChI is InChI=1S/C26H26F2N4O4/c1-15-29-14-22(35-15)20-7-6-16(10-21(20)34-4)23-30-31-24-26(25(2,3)33,8-5-9-32(23)24)36-19-12-17(27)11-18(28)13-19/h6-7,10-14,33H,5,8-9H2,1-4H3/t26-/m1/s1. The lowest BCUT2D eigenvalue weighted by atomic mass is 9.79. The lowest BCUT2D eigenvalue weighted by Gasteiger charge is -2.44. The summed E-state index contributed by atoms with van der Waals surface area (Å²) in [5, 5.41) is 20.1. The van der Waals surface area contributed by atoms with E-state index in [2.05, 4.69) is 15.2 Å². The lowest BCUT2D eigenvalue weighted by molar-refractivity contribution is -0.137. The molecule has 0 aliphatic carbocycles. The molecule has 3 heterocycles. The third kappa shape index (κ3) is 4.01. The molecule has 2 aromatic carbocycles. The second kappa shape index (κ2) is 8.70. The highest BCUT2D eigenvalue weighted by Gasteiger charge is 2.53. The molecule has 0 saturated carbocycles. The maximum atomic E-state index is 13.9. The zero-order valence-corrected chi connectivity index (χ0v) is 20.4. The molecule has 0 spiro atoms. The minimum atomic E-state index is -1.45. The minimum Gasteiger partial charge on any atom is -0.496 e. The molecular formula is C26H26F2N4O4. The number of hydrogen-bond donors (Lipinski definition) is 1. The van der Waals surface area contributed by atoms with Crippen LogP contribution in [0, 0.1) is 18.6 Å². The molecular weight excluding hydrogens is 470 g/mol. The summed E-state index contributed by atoms with van der Waals surface area (Å²) in [5.74, 6) is 1.02. The molecule has 0 radical (unpaired) electrons. The minimum absolute atomic E-state index is 0.0407. The van der Waals surface area contributed by atoms with Gasteiger partial charge >= 0.3 is 0 Å². The quantitative estimate of drug-likeness (QED) is 0.400. The largest absolute Gasteiger partial charge is 0.496 e. The number of fused-ring (bicyclic) bond motifs is 1. The fourth-order valence-corrected chi connectivity index (χ4v) is 4.73. The Morgan fingerprint density at radius 2 is 1.86 bits per heavy atom. The number of halogens is 2. The first-order valence-corrected chi connectivity index (χ1v) is 11.5. The van der Waals surface area contributed by atoms with Crippen molar-refractivity contribution in [1.29, 1.82) is 0 Å². The normalized spacial score (nSPS) is 17.6. The van der Waals surface area contributed by atoms with Gasteiger partial charge in [-0.2, -0.15) is 0 Å². The molecule has 188 valence electrons. The van der Waals surface area contributed by atoms with E-state index in [1.54, 1.807) is 34.1 Å². The zero-order valence-electron chi connectivity index (χ0n) is 20.4. The predicted octanol–water partition coefficient (Wildman–Crippen LogP) is 5.03. The van der Waals surface area contributed by atoms with Crippen LogP contribution in [0.1, 0.15) is 38.4 Å². The molecule has 1 aliphatic heterocycles. The first kappa shape index (κ1) is 23.9. The number of aryl methyl sites for hydroxylation is 1. The first-order chi connectivity index (χ1) is 17.1. The van der Waals surface area contributed by atoms with Crippen molar-refractivity contribution in [1.82, 2.24) is 19.7 Å². The summed E-state index contributed by atoms with van der Waals surface area (Å²) < 4.78 is 47.1. The Bertz CT molecular complexity index is 1410. The van der Waals surface area contributed by atoms with Gasteiger partial charge in [-0.05, 0) is 38.8 Å². The summed E-state index contributed by atoms with van der Waals surface area (Å²) >= 11 is 0. The molecule has 1 N–H and O–H groups in total.